The summed E-state index contributed by atoms with van der Waals surface area (Å²) >= 11 is 0. The van der Waals surface area contributed by atoms with Gasteiger partial charge in [0.05, 0.1) is 6.16 Å². The Labute approximate surface area is 162 Å². The van der Waals surface area contributed by atoms with E-state index in [0.717, 1.165) is 12.8 Å². The van der Waals surface area contributed by atoms with Crippen LogP contribution in [0.15, 0.2) is 104 Å². The van der Waals surface area contributed by atoms with Gasteiger partial charge in [0.2, 0.25) is 0 Å². The second-order valence-electron chi connectivity index (χ2n) is 5.97. The van der Waals surface area contributed by atoms with E-state index < -0.39 is 7.26 Å². The SMILES string of the molecule is Br.C=CCCC[P+](c1ccccc1)(c1ccccc1)c1ccccc1. The van der Waals surface area contributed by atoms with Crippen molar-refractivity contribution in [2.45, 2.75) is 12.8 Å². The highest BCUT2D eigenvalue weighted by Gasteiger charge is 2.44. The van der Waals surface area contributed by atoms with E-state index in [2.05, 4.69) is 97.6 Å². The molecule has 0 unspecified atom stereocenters. The van der Waals surface area contributed by atoms with Crippen LogP contribution in [0.5, 0.6) is 0 Å². The van der Waals surface area contributed by atoms with Crippen LogP contribution in [0.2, 0.25) is 0 Å². The van der Waals surface area contributed by atoms with Gasteiger partial charge in [-0.15, -0.1) is 23.6 Å². The maximum Gasteiger partial charge on any atom is 0.112 e. The summed E-state index contributed by atoms with van der Waals surface area (Å²) in [5, 5.41) is 4.39. The molecule has 0 aromatic heterocycles. The molecule has 128 valence electrons. The Morgan fingerprint density at radius 2 is 1.00 bits per heavy atom. The lowest BCUT2D eigenvalue weighted by atomic mass is 10.3. The van der Waals surface area contributed by atoms with Gasteiger partial charge >= 0.3 is 0 Å². The van der Waals surface area contributed by atoms with Crippen molar-refractivity contribution in [2.24, 2.45) is 0 Å². The summed E-state index contributed by atoms with van der Waals surface area (Å²) in [6.45, 7) is 3.91. The molecule has 3 rings (SSSR count). The predicted octanol–water partition coefficient (Wildman–Crippen LogP) is 5.52. The molecule has 3 aromatic carbocycles. The zero-order valence-corrected chi connectivity index (χ0v) is 17.0. The zero-order valence-electron chi connectivity index (χ0n) is 14.4. The molecule has 3 aromatic rings. The van der Waals surface area contributed by atoms with Gasteiger partial charge in [-0.05, 0) is 49.2 Å². The third kappa shape index (κ3) is 4.29. The molecule has 0 saturated carbocycles. The second-order valence-corrected chi connectivity index (χ2v) is 9.59. The third-order valence-electron chi connectivity index (χ3n) is 4.49. The van der Waals surface area contributed by atoms with Gasteiger partial charge in [0.1, 0.15) is 23.2 Å². The maximum atomic E-state index is 3.91. The summed E-state index contributed by atoms with van der Waals surface area (Å²) < 4.78 is 0. The van der Waals surface area contributed by atoms with Gasteiger partial charge in [0, 0.05) is 0 Å². The van der Waals surface area contributed by atoms with Crippen LogP contribution in [0.1, 0.15) is 12.8 Å². The van der Waals surface area contributed by atoms with Crippen LogP contribution in [0.3, 0.4) is 0 Å². The van der Waals surface area contributed by atoms with Gasteiger partial charge in [-0.25, -0.2) is 0 Å². The quantitative estimate of drug-likeness (QED) is 0.272. The van der Waals surface area contributed by atoms with E-state index in [4.69, 9.17) is 0 Å². The normalized spacial score (nSPS) is 10.7. The molecular formula is C23H25BrP+. The van der Waals surface area contributed by atoms with E-state index in [0.29, 0.717) is 0 Å². The van der Waals surface area contributed by atoms with Gasteiger partial charge in [0.15, 0.2) is 0 Å². The average Bonchev–Trinajstić information content (AvgIpc) is 2.68. The number of rotatable bonds is 7. The lowest BCUT2D eigenvalue weighted by molar-refractivity contribution is 0.968. The smallest absolute Gasteiger partial charge is 0.112 e. The third-order valence-corrected chi connectivity index (χ3v) is 9.02. The summed E-state index contributed by atoms with van der Waals surface area (Å²) in [6, 6.07) is 33.2. The molecule has 0 aliphatic heterocycles. The number of allylic oxidation sites excluding steroid dienone is 1. The van der Waals surface area contributed by atoms with Crippen molar-refractivity contribution in [2.75, 3.05) is 6.16 Å². The van der Waals surface area contributed by atoms with E-state index in [9.17, 15) is 0 Å². The van der Waals surface area contributed by atoms with Crippen molar-refractivity contribution in [1.82, 2.24) is 0 Å². The Morgan fingerprint density at radius 1 is 0.640 bits per heavy atom. The minimum absolute atomic E-state index is 0. The molecule has 0 radical (unpaired) electrons. The van der Waals surface area contributed by atoms with Gasteiger partial charge in [-0.3, -0.25) is 0 Å². The Balaban J connectivity index is 0.00000225. The molecule has 2 heteroatoms. The first-order valence-electron chi connectivity index (χ1n) is 8.54. The van der Waals surface area contributed by atoms with E-state index in [-0.39, 0.29) is 17.0 Å². The fourth-order valence-corrected chi connectivity index (χ4v) is 7.72. The number of unbranched alkanes of at least 4 members (excludes halogenated alkanes) is 1. The van der Waals surface area contributed by atoms with E-state index >= 15 is 0 Å². The maximum absolute atomic E-state index is 3.91. The fourth-order valence-electron chi connectivity index (χ4n) is 3.35. The lowest BCUT2D eigenvalue weighted by Crippen LogP contribution is -2.33. The monoisotopic (exact) mass is 411 g/mol. The average molecular weight is 412 g/mol. The molecule has 0 N–H and O–H groups in total. The summed E-state index contributed by atoms with van der Waals surface area (Å²) in [5.74, 6) is 0. The molecule has 0 amide bonds. The van der Waals surface area contributed by atoms with E-state index in [1.165, 1.54) is 22.1 Å². The molecule has 0 fully saturated rings. The summed E-state index contributed by atoms with van der Waals surface area (Å²) in [4.78, 5) is 0. The lowest BCUT2D eigenvalue weighted by Gasteiger charge is -2.27. The van der Waals surface area contributed by atoms with Gasteiger partial charge in [-0.2, -0.15) is 0 Å². The molecule has 25 heavy (non-hydrogen) atoms. The Morgan fingerprint density at radius 3 is 1.32 bits per heavy atom. The van der Waals surface area contributed by atoms with Crippen molar-refractivity contribution in [1.29, 1.82) is 0 Å². The molecule has 0 aliphatic carbocycles. The number of hydrogen-bond donors (Lipinski definition) is 0. The van der Waals surface area contributed by atoms with Crippen molar-refractivity contribution in [3.05, 3.63) is 104 Å². The molecule has 0 nitrogen and oxygen atoms in total. The molecule has 0 atom stereocenters. The predicted molar refractivity (Wildman–Crippen MR) is 120 cm³/mol. The highest BCUT2D eigenvalue weighted by atomic mass is 79.9. The van der Waals surface area contributed by atoms with E-state index in [1.54, 1.807) is 0 Å². The minimum Gasteiger partial charge on any atom is -0.114 e. The first kappa shape index (κ1) is 19.6. The molecule has 0 saturated heterocycles. The summed E-state index contributed by atoms with van der Waals surface area (Å²) in [6.07, 6.45) is 5.44. The Bertz CT molecular complexity index is 657. The molecular weight excluding hydrogens is 387 g/mol. The van der Waals surface area contributed by atoms with Crippen LogP contribution in [-0.2, 0) is 0 Å². The molecule has 0 heterocycles. The highest BCUT2D eigenvalue weighted by molar-refractivity contribution is 8.93. The van der Waals surface area contributed by atoms with Crippen LogP contribution < -0.4 is 15.9 Å². The van der Waals surface area contributed by atoms with Crippen LogP contribution in [0.4, 0.5) is 0 Å². The van der Waals surface area contributed by atoms with Crippen LogP contribution >= 0.6 is 24.2 Å². The highest BCUT2D eigenvalue weighted by Crippen LogP contribution is 2.55. The van der Waals surface area contributed by atoms with Gasteiger partial charge in [-0.1, -0.05) is 60.7 Å². The van der Waals surface area contributed by atoms with Crippen molar-refractivity contribution < 1.29 is 0 Å². The summed E-state index contributed by atoms with van der Waals surface area (Å²) in [7, 11) is -1.63. The van der Waals surface area contributed by atoms with Crippen LogP contribution in [0, 0.1) is 0 Å². The number of benzene rings is 3. The Kier molecular flexibility index (Phi) is 7.62. The van der Waals surface area contributed by atoms with Gasteiger partial charge < -0.3 is 0 Å². The first-order valence-corrected chi connectivity index (χ1v) is 10.5. The minimum atomic E-state index is -1.63. The fraction of sp³-hybridized carbons (Fsp3) is 0.130. The topological polar surface area (TPSA) is 0 Å². The Hall–Kier alpha value is -1.69. The zero-order chi connectivity index (χ0) is 16.7. The molecule has 0 bridgehead atoms. The first-order chi connectivity index (χ1) is 11.9. The molecule has 0 aliphatic rings. The van der Waals surface area contributed by atoms with Crippen LogP contribution in [0.25, 0.3) is 0 Å². The van der Waals surface area contributed by atoms with Crippen molar-refractivity contribution in [3.63, 3.8) is 0 Å². The van der Waals surface area contributed by atoms with Crippen LogP contribution in [-0.4, -0.2) is 6.16 Å². The largest absolute Gasteiger partial charge is 0.114 e. The number of hydrogen-bond acceptors (Lipinski definition) is 0. The summed E-state index contributed by atoms with van der Waals surface area (Å²) in [5.41, 5.74) is 0. The van der Waals surface area contributed by atoms with Crippen molar-refractivity contribution in [3.8, 4) is 0 Å². The number of halogens is 1. The second kappa shape index (κ2) is 9.70. The van der Waals surface area contributed by atoms with Crippen molar-refractivity contribution >= 4 is 40.2 Å². The van der Waals surface area contributed by atoms with Gasteiger partial charge in [0.25, 0.3) is 0 Å². The molecule has 0 spiro atoms. The van der Waals surface area contributed by atoms with E-state index in [1.807, 2.05) is 6.08 Å². The standard InChI is InChI=1S/C23H24P.BrH/c1-2-3-13-20-24(21-14-7-4-8-15-21,22-16-9-5-10-17-22)23-18-11-6-12-19-23;/h2,4-12,14-19H,1,3,13,20H2;1H/q+1;.